The summed E-state index contributed by atoms with van der Waals surface area (Å²) in [7, 11) is 1.56. The second-order valence-electron chi connectivity index (χ2n) is 3.72. The molecule has 0 aliphatic rings. The summed E-state index contributed by atoms with van der Waals surface area (Å²) in [5.74, 6) is -0.299. The molecular weight excluding hydrogens is 328 g/mol. The molecule has 0 fully saturated rings. The van der Waals surface area contributed by atoms with Gasteiger partial charge in [-0.1, -0.05) is 27.7 Å². The van der Waals surface area contributed by atoms with E-state index in [0.717, 1.165) is 9.37 Å². The van der Waals surface area contributed by atoms with Gasteiger partial charge in [0.2, 0.25) is 0 Å². The zero-order chi connectivity index (χ0) is 13.8. The first-order valence-electron chi connectivity index (χ1n) is 5.45. The van der Waals surface area contributed by atoms with Crippen molar-refractivity contribution in [3.63, 3.8) is 0 Å². The Kier molecular flexibility index (Phi) is 4.50. The average Bonchev–Trinajstić information content (AvgIpc) is 2.41. The maximum absolute atomic E-state index is 11.2. The number of benzene rings is 2. The van der Waals surface area contributed by atoms with Crippen LogP contribution in [-0.4, -0.2) is 18.2 Å². The maximum Gasteiger partial charge on any atom is 0.336 e. The highest BCUT2D eigenvalue weighted by molar-refractivity contribution is 9.10. The van der Waals surface area contributed by atoms with Crippen molar-refractivity contribution in [2.24, 2.45) is 0 Å². The minimum atomic E-state index is -0.942. The Morgan fingerprint density at radius 3 is 2.47 bits per heavy atom. The van der Waals surface area contributed by atoms with Gasteiger partial charge in [0.25, 0.3) is 0 Å². The molecular formula is C14H11BrO3S. The van der Waals surface area contributed by atoms with Gasteiger partial charge in [0.1, 0.15) is 5.75 Å². The van der Waals surface area contributed by atoms with Crippen LogP contribution >= 0.6 is 27.7 Å². The summed E-state index contributed by atoms with van der Waals surface area (Å²) in [5.41, 5.74) is 0.272. The summed E-state index contributed by atoms with van der Waals surface area (Å²) in [5, 5.41) is 9.19. The Morgan fingerprint density at radius 1 is 1.21 bits per heavy atom. The van der Waals surface area contributed by atoms with Crippen LogP contribution in [0.5, 0.6) is 5.75 Å². The van der Waals surface area contributed by atoms with E-state index in [2.05, 4.69) is 15.9 Å². The number of aromatic carboxylic acids is 1. The van der Waals surface area contributed by atoms with E-state index < -0.39 is 5.97 Å². The van der Waals surface area contributed by atoms with Crippen molar-refractivity contribution < 1.29 is 14.6 Å². The van der Waals surface area contributed by atoms with E-state index >= 15 is 0 Å². The number of halogens is 1. The fourth-order valence-corrected chi connectivity index (χ4v) is 2.75. The van der Waals surface area contributed by atoms with E-state index in [4.69, 9.17) is 4.74 Å². The van der Waals surface area contributed by atoms with E-state index in [9.17, 15) is 9.90 Å². The van der Waals surface area contributed by atoms with Gasteiger partial charge in [0.15, 0.2) is 0 Å². The molecule has 0 amide bonds. The SMILES string of the molecule is COc1ccc(C(=O)O)c(Sc2ccc(Br)cc2)c1. The third-order valence-electron chi connectivity index (χ3n) is 2.46. The van der Waals surface area contributed by atoms with Crippen molar-refractivity contribution in [1.29, 1.82) is 0 Å². The van der Waals surface area contributed by atoms with Crippen molar-refractivity contribution in [3.8, 4) is 5.75 Å². The van der Waals surface area contributed by atoms with Crippen molar-refractivity contribution in [2.45, 2.75) is 9.79 Å². The molecule has 1 N–H and O–H groups in total. The number of hydrogen-bond donors (Lipinski definition) is 1. The van der Waals surface area contributed by atoms with E-state index in [1.807, 2.05) is 24.3 Å². The highest BCUT2D eigenvalue weighted by Gasteiger charge is 2.12. The smallest absolute Gasteiger partial charge is 0.336 e. The number of rotatable bonds is 4. The number of methoxy groups -OCH3 is 1. The molecule has 3 nitrogen and oxygen atoms in total. The van der Waals surface area contributed by atoms with Gasteiger partial charge in [-0.3, -0.25) is 0 Å². The van der Waals surface area contributed by atoms with Crippen molar-refractivity contribution >= 4 is 33.7 Å². The maximum atomic E-state index is 11.2. The minimum Gasteiger partial charge on any atom is -0.497 e. The average molecular weight is 339 g/mol. The first kappa shape index (κ1) is 14.0. The van der Waals surface area contributed by atoms with Crippen molar-refractivity contribution in [3.05, 3.63) is 52.5 Å². The van der Waals surface area contributed by atoms with E-state index in [1.165, 1.54) is 11.8 Å². The van der Waals surface area contributed by atoms with Crippen LogP contribution < -0.4 is 4.74 Å². The predicted octanol–water partition coefficient (Wildman–Crippen LogP) is 4.31. The number of carboxylic acids is 1. The van der Waals surface area contributed by atoms with Crippen molar-refractivity contribution in [1.82, 2.24) is 0 Å². The van der Waals surface area contributed by atoms with Gasteiger partial charge in [-0.2, -0.15) is 0 Å². The Hall–Kier alpha value is -1.46. The molecule has 2 aromatic rings. The zero-order valence-electron chi connectivity index (χ0n) is 10.1. The molecule has 0 aromatic heterocycles. The number of carboxylic acid groups (broad SMARTS) is 1. The van der Waals surface area contributed by atoms with Crippen LogP contribution in [0, 0.1) is 0 Å². The molecule has 0 aliphatic heterocycles. The van der Waals surface area contributed by atoms with Gasteiger partial charge in [-0.15, -0.1) is 0 Å². The van der Waals surface area contributed by atoms with Gasteiger partial charge in [0.05, 0.1) is 12.7 Å². The first-order valence-corrected chi connectivity index (χ1v) is 7.06. The van der Waals surface area contributed by atoms with E-state index in [1.54, 1.807) is 25.3 Å². The largest absolute Gasteiger partial charge is 0.497 e. The van der Waals surface area contributed by atoms with Crippen LogP contribution in [0.25, 0.3) is 0 Å². The molecule has 2 aromatic carbocycles. The summed E-state index contributed by atoms with van der Waals surface area (Å²) in [6, 6.07) is 12.6. The Morgan fingerprint density at radius 2 is 1.89 bits per heavy atom. The normalized spacial score (nSPS) is 10.2. The highest BCUT2D eigenvalue weighted by Crippen LogP contribution is 2.33. The van der Waals surface area contributed by atoms with Gasteiger partial charge < -0.3 is 9.84 Å². The Labute approximate surface area is 123 Å². The fraction of sp³-hybridized carbons (Fsp3) is 0.0714. The lowest BCUT2D eigenvalue weighted by molar-refractivity contribution is 0.0693. The van der Waals surface area contributed by atoms with Gasteiger partial charge in [0, 0.05) is 14.3 Å². The molecule has 98 valence electrons. The lowest BCUT2D eigenvalue weighted by Gasteiger charge is -2.08. The van der Waals surface area contributed by atoms with Gasteiger partial charge in [-0.25, -0.2) is 4.79 Å². The lowest BCUT2D eigenvalue weighted by Crippen LogP contribution is -1.99. The summed E-state index contributed by atoms with van der Waals surface area (Å²) in [6.45, 7) is 0. The highest BCUT2D eigenvalue weighted by atomic mass is 79.9. The fourth-order valence-electron chi connectivity index (χ4n) is 1.52. The van der Waals surface area contributed by atoms with Crippen LogP contribution in [0.15, 0.2) is 56.7 Å². The third-order valence-corrected chi connectivity index (χ3v) is 4.05. The monoisotopic (exact) mass is 338 g/mol. The van der Waals surface area contributed by atoms with Crippen LogP contribution in [0.4, 0.5) is 0 Å². The van der Waals surface area contributed by atoms with Crippen molar-refractivity contribution in [2.75, 3.05) is 7.11 Å². The second-order valence-corrected chi connectivity index (χ2v) is 5.75. The predicted molar refractivity (Wildman–Crippen MR) is 78.2 cm³/mol. The molecule has 2 rings (SSSR count). The van der Waals surface area contributed by atoms with Gasteiger partial charge >= 0.3 is 5.97 Å². The molecule has 0 bridgehead atoms. The molecule has 0 saturated heterocycles. The molecule has 0 aliphatic carbocycles. The van der Waals surface area contributed by atoms with Gasteiger partial charge in [-0.05, 0) is 42.5 Å². The molecule has 0 spiro atoms. The van der Waals surface area contributed by atoms with E-state index in [0.29, 0.717) is 10.6 Å². The van der Waals surface area contributed by atoms with E-state index in [-0.39, 0.29) is 5.56 Å². The summed E-state index contributed by atoms with van der Waals surface area (Å²) >= 11 is 4.77. The molecule has 0 radical (unpaired) electrons. The molecule has 0 heterocycles. The molecule has 0 atom stereocenters. The topological polar surface area (TPSA) is 46.5 Å². The standard InChI is InChI=1S/C14H11BrO3S/c1-18-10-4-7-12(14(16)17)13(8-10)19-11-5-2-9(15)3-6-11/h2-8H,1H3,(H,16,17). The molecule has 0 unspecified atom stereocenters. The zero-order valence-corrected chi connectivity index (χ0v) is 12.5. The summed E-state index contributed by atoms with van der Waals surface area (Å²) < 4.78 is 6.12. The first-order chi connectivity index (χ1) is 9.10. The third kappa shape index (κ3) is 3.52. The Bertz CT molecular complexity index is 596. The quantitative estimate of drug-likeness (QED) is 0.902. The Balaban J connectivity index is 2.36. The molecule has 0 saturated carbocycles. The minimum absolute atomic E-state index is 0.272. The molecule has 19 heavy (non-hydrogen) atoms. The summed E-state index contributed by atoms with van der Waals surface area (Å²) in [6.07, 6.45) is 0. The number of hydrogen-bond acceptors (Lipinski definition) is 3. The van der Waals surface area contributed by atoms with Crippen LogP contribution in [0.3, 0.4) is 0 Å². The number of ether oxygens (including phenoxy) is 1. The lowest BCUT2D eigenvalue weighted by atomic mass is 10.2. The van der Waals surface area contributed by atoms with Crippen LogP contribution in [0.1, 0.15) is 10.4 Å². The summed E-state index contributed by atoms with van der Waals surface area (Å²) in [4.78, 5) is 12.8. The molecule has 5 heteroatoms. The van der Waals surface area contributed by atoms with Crippen LogP contribution in [-0.2, 0) is 0 Å². The second kappa shape index (κ2) is 6.12. The number of carbonyl (C=O) groups is 1. The van der Waals surface area contributed by atoms with Crippen LogP contribution in [0.2, 0.25) is 0 Å².